The third-order valence-corrected chi connectivity index (χ3v) is 1.70. The van der Waals surface area contributed by atoms with Crippen molar-refractivity contribution >= 4 is 12.0 Å². The Balaban J connectivity index is 3.06. The van der Waals surface area contributed by atoms with Crippen LogP contribution in [0.3, 0.4) is 0 Å². The molecule has 0 aliphatic rings. The molecular formula is C10H11NO3. The van der Waals surface area contributed by atoms with Gasteiger partial charge in [-0.15, -0.1) is 0 Å². The van der Waals surface area contributed by atoms with Gasteiger partial charge in [0.15, 0.2) is 0 Å². The summed E-state index contributed by atoms with van der Waals surface area (Å²) in [5.41, 5.74) is 5.84. The summed E-state index contributed by atoms with van der Waals surface area (Å²) in [5, 5.41) is 17.9. The standard InChI is InChI=1S/C10H11NO3/c11-5-1-2-7-3-4-9(12)8(6-7)10(13)14/h1-4,6,12H,5,11H2,(H,13,14). The molecule has 4 heteroatoms. The number of aromatic hydroxyl groups is 1. The number of carboxylic acid groups (broad SMARTS) is 1. The predicted molar refractivity (Wildman–Crippen MR) is 53.2 cm³/mol. The lowest BCUT2D eigenvalue weighted by atomic mass is 10.1. The molecular weight excluding hydrogens is 182 g/mol. The maximum Gasteiger partial charge on any atom is 0.339 e. The summed E-state index contributed by atoms with van der Waals surface area (Å²) < 4.78 is 0. The molecule has 0 spiro atoms. The van der Waals surface area contributed by atoms with Crippen LogP contribution in [0, 0.1) is 0 Å². The summed E-state index contributed by atoms with van der Waals surface area (Å²) >= 11 is 0. The molecule has 4 nitrogen and oxygen atoms in total. The molecule has 14 heavy (non-hydrogen) atoms. The van der Waals surface area contributed by atoms with Gasteiger partial charge in [-0.3, -0.25) is 0 Å². The van der Waals surface area contributed by atoms with Gasteiger partial charge in [0.2, 0.25) is 0 Å². The third-order valence-electron chi connectivity index (χ3n) is 1.70. The molecule has 0 saturated carbocycles. The number of carbonyl (C=O) groups is 1. The van der Waals surface area contributed by atoms with Gasteiger partial charge in [0.1, 0.15) is 11.3 Å². The summed E-state index contributed by atoms with van der Waals surface area (Å²) in [6.07, 6.45) is 3.41. The first-order valence-corrected chi connectivity index (χ1v) is 4.08. The van der Waals surface area contributed by atoms with Crippen LogP contribution in [-0.4, -0.2) is 22.7 Å². The van der Waals surface area contributed by atoms with Crippen molar-refractivity contribution in [1.82, 2.24) is 0 Å². The number of benzene rings is 1. The van der Waals surface area contributed by atoms with Crippen LogP contribution in [0.5, 0.6) is 5.75 Å². The highest BCUT2D eigenvalue weighted by Crippen LogP contribution is 2.18. The summed E-state index contributed by atoms with van der Waals surface area (Å²) in [7, 11) is 0. The van der Waals surface area contributed by atoms with Crippen LogP contribution in [0.15, 0.2) is 24.3 Å². The molecule has 0 aliphatic heterocycles. The fraction of sp³-hybridized carbons (Fsp3) is 0.100. The van der Waals surface area contributed by atoms with Crippen molar-refractivity contribution in [3.8, 4) is 5.75 Å². The summed E-state index contributed by atoms with van der Waals surface area (Å²) in [5.74, 6) is -1.38. The van der Waals surface area contributed by atoms with Crippen molar-refractivity contribution in [3.63, 3.8) is 0 Å². The second kappa shape index (κ2) is 4.43. The van der Waals surface area contributed by atoms with E-state index >= 15 is 0 Å². The van der Waals surface area contributed by atoms with E-state index in [0.717, 1.165) is 0 Å². The Morgan fingerprint density at radius 2 is 2.21 bits per heavy atom. The van der Waals surface area contributed by atoms with E-state index in [2.05, 4.69) is 0 Å². The van der Waals surface area contributed by atoms with E-state index in [-0.39, 0.29) is 11.3 Å². The Morgan fingerprint density at radius 3 is 2.79 bits per heavy atom. The van der Waals surface area contributed by atoms with Crippen molar-refractivity contribution in [1.29, 1.82) is 0 Å². The molecule has 0 radical (unpaired) electrons. The third kappa shape index (κ3) is 2.34. The zero-order valence-electron chi connectivity index (χ0n) is 7.47. The number of carboxylic acids is 1. The van der Waals surface area contributed by atoms with Gasteiger partial charge < -0.3 is 15.9 Å². The van der Waals surface area contributed by atoms with Crippen LogP contribution < -0.4 is 5.73 Å². The summed E-state index contributed by atoms with van der Waals surface area (Å²) in [6.45, 7) is 0.392. The highest BCUT2D eigenvalue weighted by atomic mass is 16.4. The average Bonchev–Trinajstić information content (AvgIpc) is 2.16. The number of hydrogen-bond donors (Lipinski definition) is 3. The van der Waals surface area contributed by atoms with Gasteiger partial charge in [-0.2, -0.15) is 0 Å². The minimum Gasteiger partial charge on any atom is -0.507 e. The van der Waals surface area contributed by atoms with Crippen LogP contribution in [0.25, 0.3) is 6.08 Å². The first kappa shape index (κ1) is 10.3. The number of nitrogens with two attached hydrogens (primary N) is 1. The highest BCUT2D eigenvalue weighted by molar-refractivity contribution is 5.91. The lowest BCUT2D eigenvalue weighted by Crippen LogP contribution is -1.97. The van der Waals surface area contributed by atoms with Crippen LogP contribution in [0.2, 0.25) is 0 Å². The molecule has 1 aromatic carbocycles. The largest absolute Gasteiger partial charge is 0.507 e. The van der Waals surface area contributed by atoms with E-state index in [4.69, 9.17) is 10.8 Å². The van der Waals surface area contributed by atoms with E-state index < -0.39 is 5.97 Å². The molecule has 0 bridgehead atoms. The smallest absolute Gasteiger partial charge is 0.339 e. The quantitative estimate of drug-likeness (QED) is 0.670. The minimum atomic E-state index is -1.15. The van der Waals surface area contributed by atoms with Gasteiger partial charge in [-0.25, -0.2) is 4.79 Å². The molecule has 1 aromatic rings. The van der Waals surface area contributed by atoms with E-state index in [1.165, 1.54) is 12.1 Å². The molecule has 1 rings (SSSR count). The number of phenols is 1. The van der Waals surface area contributed by atoms with Crippen LogP contribution >= 0.6 is 0 Å². The number of hydrogen-bond acceptors (Lipinski definition) is 3. The summed E-state index contributed by atoms with van der Waals surface area (Å²) in [4.78, 5) is 10.6. The molecule has 0 fully saturated rings. The topological polar surface area (TPSA) is 83.5 Å². The van der Waals surface area contributed by atoms with Crippen LogP contribution in [0.4, 0.5) is 0 Å². The van der Waals surface area contributed by atoms with Gasteiger partial charge in [0.05, 0.1) is 0 Å². The Hall–Kier alpha value is -1.81. The number of rotatable bonds is 3. The first-order valence-electron chi connectivity index (χ1n) is 4.08. The average molecular weight is 193 g/mol. The minimum absolute atomic E-state index is 0.107. The molecule has 0 atom stereocenters. The first-order chi connectivity index (χ1) is 6.65. The lowest BCUT2D eigenvalue weighted by Gasteiger charge is -2.00. The van der Waals surface area contributed by atoms with Gasteiger partial charge in [0, 0.05) is 6.54 Å². The Bertz CT molecular complexity index is 372. The number of aromatic carboxylic acids is 1. The van der Waals surface area contributed by atoms with Crippen molar-refractivity contribution in [2.24, 2.45) is 5.73 Å². The molecule has 0 aliphatic carbocycles. The van der Waals surface area contributed by atoms with E-state index in [9.17, 15) is 9.90 Å². The van der Waals surface area contributed by atoms with Crippen molar-refractivity contribution in [2.45, 2.75) is 0 Å². The van der Waals surface area contributed by atoms with Gasteiger partial charge in [0.25, 0.3) is 0 Å². The van der Waals surface area contributed by atoms with E-state index in [1.54, 1.807) is 18.2 Å². The predicted octanol–water partition coefficient (Wildman–Crippen LogP) is 1.06. The molecule has 0 amide bonds. The van der Waals surface area contributed by atoms with E-state index in [1.807, 2.05) is 0 Å². The van der Waals surface area contributed by atoms with Crippen LogP contribution in [-0.2, 0) is 0 Å². The fourth-order valence-corrected chi connectivity index (χ4v) is 1.03. The maximum absolute atomic E-state index is 10.6. The van der Waals surface area contributed by atoms with E-state index in [0.29, 0.717) is 12.1 Å². The Morgan fingerprint density at radius 1 is 1.50 bits per heavy atom. The molecule has 0 heterocycles. The Kier molecular flexibility index (Phi) is 3.25. The van der Waals surface area contributed by atoms with Gasteiger partial charge in [-0.05, 0) is 17.7 Å². The fourth-order valence-electron chi connectivity index (χ4n) is 1.03. The molecule has 0 unspecified atom stereocenters. The molecule has 4 N–H and O–H groups in total. The lowest BCUT2D eigenvalue weighted by molar-refractivity contribution is 0.0693. The van der Waals surface area contributed by atoms with Crippen LogP contribution in [0.1, 0.15) is 15.9 Å². The Labute approximate surface area is 81.3 Å². The summed E-state index contributed by atoms with van der Waals surface area (Å²) in [6, 6.07) is 4.36. The second-order valence-electron chi connectivity index (χ2n) is 2.72. The van der Waals surface area contributed by atoms with Crippen molar-refractivity contribution in [2.75, 3.05) is 6.54 Å². The molecule has 0 aromatic heterocycles. The second-order valence-corrected chi connectivity index (χ2v) is 2.72. The zero-order valence-corrected chi connectivity index (χ0v) is 7.47. The van der Waals surface area contributed by atoms with Gasteiger partial charge in [-0.1, -0.05) is 18.2 Å². The maximum atomic E-state index is 10.6. The van der Waals surface area contributed by atoms with Crippen molar-refractivity contribution in [3.05, 3.63) is 35.4 Å². The van der Waals surface area contributed by atoms with Crippen molar-refractivity contribution < 1.29 is 15.0 Å². The SMILES string of the molecule is NCC=Cc1ccc(O)c(C(=O)O)c1. The normalized spacial score (nSPS) is 10.6. The monoisotopic (exact) mass is 193 g/mol. The molecule has 74 valence electrons. The molecule has 0 saturated heterocycles. The van der Waals surface area contributed by atoms with Gasteiger partial charge >= 0.3 is 5.97 Å². The zero-order chi connectivity index (χ0) is 10.6. The highest BCUT2D eigenvalue weighted by Gasteiger charge is 2.08.